The molecule has 0 spiro atoms. The predicted octanol–water partition coefficient (Wildman–Crippen LogP) is 2.18. The molecule has 4 heteroatoms. The molecule has 2 aliphatic carbocycles. The maximum atomic E-state index is 12.3. The highest BCUT2D eigenvalue weighted by atomic mass is 16.5. The van der Waals surface area contributed by atoms with Gasteiger partial charge in [0.25, 0.3) is 0 Å². The molecule has 0 aromatic heterocycles. The van der Waals surface area contributed by atoms with Gasteiger partial charge in [0.2, 0.25) is 0 Å². The molecule has 4 nitrogen and oxygen atoms in total. The second-order valence-electron chi connectivity index (χ2n) is 7.26. The lowest BCUT2D eigenvalue weighted by atomic mass is 9.78. The largest absolute Gasteiger partial charge is 0.468 e. The monoisotopic (exact) mass is 294 g/mol. The Labute approximate surface area is 128 Å². The number of nitrogens with one attached hydrogen (secondary N) is 1. The maximum Gasteiger partial charge on any atom is 0.326 e. The lowest BCUT2D eigenvalue weighted by Gasteiger charge is -2.42. The first-order valence-electron chi connectivity index (χ1n) is 8.76. The lowest BCUT2D eigenvalue weighted by molar-refractivity contribution is -0.151. The van der Waals surface area contributed by atoms with Crippen LogP contribution in [0, 0.1) is 11.8 Å². The van der Waals surface area contributed by atoms with Gasteiger partial charge in [0.1, 0.15) is 5.54 Å². The van der Waals surface area contributed by atoms with Crippen molar-refractivity contribution in [1.82, 2.24) is 10.2 Å². The number of nitrogens with zero attached hydrogens (tertiary/aromatic N) is 1. The smallest absolute Gasteiger partial charge is 0.326 e. The number of likely N-dealkylation sites (tertiary alicyclic amines) is 1. The topological polar surface area (TPSA) is 41.6 Å². The van der Waals surface area contributed by atoms with Crippen molar-refractivity contribution in [1.29, 1.82) is 0 Å². The van der Waals surface area contributed by atoms with Crippen LogP contribution in [0.1, 0.15) is 51.9 Å². The summed E-state index contributed by atoms with van der Waals surface area (Å²) in [4.78, 5) is 15.0. The highest BCUT2D eigenvalue weighted by molar-refractivity contribution is 5.81. The highest BCUT2D eigenvalue weighted by Gasteiger charge is 2.47. The molecule has 4 atom stereocenters. The van der Waals surface area contributed by atoms with Crippen LogP contribution in [-0.2, 0) is 9.53 Å². The van der Waals surface area contributed by atoms with Gasteiger partial charge in [-0.05, 0) is 56.9 Å². The molecule has 0 aromatic rings. The third kappa shape index (κ3) is 2.85. The average Bonchev–Trinajstić information content (AvgIpc) is 3.08. The Morgan fingerprint density at radius 2 is 1.95 bits per heavy atom. The minimum absolute atomic E-state index is 0.0616. The van der Waals surface area contributed by atoms with Crippen molar-refractivity contribution in [3.63, 3.8) is 0 Å². The molecule has 120 valence electrons. The predicted molar refractivity (Wildman–Crippen MR) is 83.1 cm³/mol. The number of esters is 1. The SMILES string of the molecule is CCNC1(C(=O)OC)CCCC(N2CC3CCCC3C2)C1. The normalized spacial score (nSPS) is 40.2. The van der Waals surface area contributed by atoms with Gasteiger partial charge in [0, 0.05) is 19.1 Å². The van der Waals surface area contributed by atoms with Crippen LogP contribution in [0.5, 0.6) is 0 Å². The van der Waals surface area contributed by atoms with E-state index >= 15 is 0 Å². The molecule has 2 saturated carbocycles. The van der Waals surface area contributed by atoms with Crippen LogP contribution < -0.4 is 5.32 Å². The summed E-state index contributed by atoms with van der Waals surface area (Å²) in [6.07, 6.45) is 8.48. The fraction of sp³-hybridized carbons (Fsp3) is 0.941. The van der Waals surface area contributed by atoms with Gasteiger partial charge < -0.3 is 10.1 Å². The summed E-state index contributed by atoms with van der Waals surface area (Å²) in [6, 6.07) is 0.558. The van der Waals surface area contributed by atoms with Crippen LogP contribution in [0.2, 0.25) is 0 Å². The molecule has 0 aromatic carbocycles. The summed E-state index contributed by atoms with van der Waals surface area (Å²) in [6.45, 7) is 5.43. The van der Waals surface area contributed by atoms with Crippen LogP contribution >= 0.6 is 0 Å². The van der Waals surface area contributed by atoms with Crippen molar-refractivity contribution < 1.29 is 9.53 Å². The molecule has 0 radical (unpaired) electrons. The Hall–Kier alpha value is -0.610. The second-order valence-corrected chi connectivity index (χ2v) is 7.26. The quantitative estimate of drug-likeness (QED) is 0.807. The number of hydrogen-bond donors (Lipinski definition) is 1. The number of ether oxygens (including phenoxy) is 1. The Bertz CT molecular complexity index is 371. The van der Waals surface area contributed by atoms with Crippen molar-refractivity contribution in [2.45, 2.75) is 63.5 Å². The van der Waals surface area contributed by atoms with Gasteiger partial charge in [-0.2, -0.15) is 0 Å². The van der Waals surface area contributed by atoms with E-state index in [-0.39, 0.29) is 5.97 Å². The van der Waals surface area contributed by atoms with Crippen LogP contribution in [0.25, 0.3) is 0 Å². The average molecular weight is 294 g/mol. The van der Waals surface area contributed by atoms with Gasteiger partial charge >= 0.3 is 5.97 Å². The number of rotatable bonds is 4. The zero-order chi connectivity index (χ0) is 14.9. The molecule has 21 heavy (non-hydrogen) atoms. The van der Waals surface area contributed by atoms with E-state index in [4.69, 9.17) is 4.74 Å². The lowest BCUT2D eigenvalue weighted by Crippen LogP contribution is -2.58. The van der Waals surface area contributed by atoms with Gasteiger partial charge in [-0.25, -0.2) is 0 Å². The first-order valence-corrected chi connectivity index (χ1v) is 8.76. The summed E-state index contributed by atoms with van der Waals surface area (Å²) in [7, 11) is 1.52. The minimum atomic E-state index is -0.440. The van der Waals surface area contributed by atoms with Crippen molar-refractivity contribution in [2.75, 3.05) is 26.7 Å². The number of methoxy groups -OCH3 is 1. The molecular weight excluding hydrogens is 264 g/mol. The molecule has 1 N–H and O–H groups in total. The molecule has 1 saturated heterocycles. The number of carbonyl (C=O) groups excluding carboxylic acids is 1. The summed E-state index contributed by atoms with van der Waals surface area (Å²) in [5.74, 6) is 1.80. The van der Waals surface area contributed by atoms with Gasteiger partial charge in [-0.1, -0.05) is 13.3 Å². The van der Waals surface area contributed by atoms with Gasteiger partial charge in [0.15, 0.2) is 0 Å². The first kappa shape index (κ1) is 15.3. The first-order chi connectivity index (χ1) is 10.2. The number of hydrogen-bond acceptors (Lipinski definition) is 4. The van der Waals surface area contributed by atoms with Crippen molar-refractivity contribution in [3.05, 3.63) is 0 Å². The van der Waals surface area contributed by atoms with E-state index in [0.29, 0.717) is 6.04 Å². The summed E-state index contributed by atoms with van der Waals surface area (Å²) in [5.41, 5.74) is -0.440. The van der Waals surface area contributed by atoms with E-state index in [2.05, 4.69) is 17.1 Å². The van der Waals surface area contributed by atoms with Crippen LogP contribution in [0.4, 0.5) is 0 Å². The Morgan fingerprint density at radius 3 is 2.57 bits per heavy atom. The Morgan fingerprint density at radius 1 is 1.24 bits per heavy atom. The van der Waals surface area contributed by atoms with Crippen molar-refractivity contribution >= 4 is 5.97 Å². The van der Waals surface area contributed by atoms with E-state index in [9.17, 15) is 4.79 Å². The molecule has 0 bridgehead atoms. The molecule has 3 aliphatic rings. The number of carbonyl (C=O) groups is 1. The number of fused-ring (bicyclic) bond motifs is 1. The molecule has 0 amide bonds. The molecule has 1 heterocycles. The van der Waals surface area contributed by atoms with Crippen molar-refractivity contribution in [2.24, 2.45) is 11.8 Å². The molecular formula is C17H30N2O2. The Kier molecular flexibility index (Phi) is 4.55. The fourth-order valence-electron chi connectivity index (χ4n) is 5.08. The minimum Gasteiger partial charge on any atom is -0.468 e. The number of likely N-dealkylation sites (N-methyl/N-ethyl adjacent to an activating group) is 1. The third-order valence-corrected chi connectivity index (χ3v) is 6.09. The van der Waals surface area contributed by atoms with Crippen LogP contribution in [0.15, 0.2) is 0 Å². The van der Waals surface area contributed by atoms with Crippen molar-refractivity contribution in [3.8, 4) is 0 Å². The van der Waals surface area contributed by atoms with E-state index in [1.54, 1.807) is 0 Å². The summed E-state index contributed by atoms with van der Waals surface area (Å²) < 4.78 is 5.11. The molecule has 3 fully saturated rings. The molecule has 3 rings (SSSR count). The fourth-order valence-corrected chi connectivity index (χ4v) is 5.08. The van der Waals surface area contributed by atoms with Gasteiger partial charge in [-0.3, -0.25) is 9.69 Å². The van der Waals surface area contributed by atoms with Crippen LogP contribution in [-0.4, -0.2) is 49.2 Å². The van der Waals surface area contributed by atoms with E-state index in [0.717, 1.165) is 37.6 Å². The molecule has 1 aliphatic heterocycles. The third-order valence-electron chi connectivity index (χ3n) is 6.09. The summed E-state index contributed by atoms with van der Waals surface area (Å²) in [5, 5.41) is 3.45. The standard InChI is InChI=1S/C17H30N2O2/c1-3-18-17(16(20)21-2)9-5-8-15(10-17)19-11-13-6-4-7-14(13)12-19/h13-15,18H,3-12H2,1-2H3. The van der Waals surface area contributed by atoms with E-state index < -0.39 is 5.54 Å². The molecule has 4 unspecified atom stereocenters. The van der Waals surface area contributed by atoms with E-state index in [1.807, 2.05) is 0 Å². The second kappa shape index (κ2) is 6.25. The van der Waals surface area contributed by atoms with Crippen LogP contribution in [0.3, 0.4) is 0 Å². The zero-order valence-corrected chi connectivity index (χ0v) is 13.6. The van der Waals surface area contributed by atoms with Gasteiger partial charge in [-0.15, -0.1) is 0 Å². The van der Waals surface area contributed by atoms with Gasteiger partial charge in [0.05, 0.1) is 7.11 Å². The zero-order valence-electron chi connectivity index (χ0n) is 13.6. The highest BCUT2D eigenvalue weighted by Crippen LogP contribution is 2.41. The summed E-state index contributed by atoms with van der Waals surface area (Å²) >= 11 is 0. The Balaban J connectivity index is 1.68. The van der Waals surface area contributed by atoms with E-state index in [1.165, 1.54) is 45.9 Å². The maximum absolute atomic E-state index is 12.3.